The van der Waals surface area contributed by atoms with Crippen molar-refractivity contribution >= 4 is 5.97 Å². The van der Waals surface area contributed by atoms with Gasteiger partial charge in [0.2, 0.25) is 5.82 Å². The van der Waals surface area contributed by atoms with Gasteiger partial charge in [-0.1, -0.05) is 62.4 Å². The molecule has 1 heterocycles. The number of hydrogen-bond donors (Lipinski definition) is 2. The molecule has 2 aromatic carbocycles. The maximum absolute atomic E-state index is 12.1. The highest BCUT2D eigenvalue weighted by atomic mass is 16.5. The second-order valence-electron chi connectivity index (χ2n) is 6.83. The Morgan fingerprint density at radius 1 is 1.11 bits per heavy atom. The minimum absolute atomic E-state index is 0.153. The Balaban J connectivity index is 1.73. The minimum Gasteiger partial charge on any atom is -0.465 e. The van der Waals surface area contributed by atoms with Crippen LogP contribution >= 0.6 is 0 Å². The summed E-state index contributed by atoms with van der Waals surface area (Å²) in [6.45, 7) is 6.81. The van der Waals surface area contributed by atoms with Gasteiger partial charge in [-0.2, -0.15) is 5.21 Å². The van der Waals surface area contributed by atoms with Crippen LogP contribution in [0.15, 0.2) is 48.5 Å². The molecule has 0 aliphatic rings. The van der Waals surface area contributed by atoms with Gasteiger partial charge in [-0.05, 0) is 34.7 Å². The highest BCUT2D eigenvalue weighted by molar-refractivity contribution is 5.80. The van der Waals surface area contributed by atoms with Crippen molar-refractivity contribution in [3.05, 3.63) is 54.1 Å². The molecular formula is C21H25N5O2. The monoisotopic (exact) mass is 379 g/mol. The summed E-state index contributed by atoms with van der Waals surface area (Å²) >= 11 is 0. The lowest BCUT2D eigenvalue weighted by Crippen LogP contribution is -2.41. The zero-order valence-electron chi connectivity index (χ0n) is 16.3. The molecule has 0 spiro atoms. The molecule has 0 fully saturated rings. The van der Waals surface area contributed by atoms with E-state index >= 15 is 0 Å². The molecule has 0 amide bonds. The van der Waals surface area contributed by atoms with Gasteiger partial charge < -0.3 is 10.1 Å². The number of carbonyl (C=O) groups is 1. The van der Waals surface area contributed by atoms with Gasteiger partial charge in [0.05, 0.1) is 6.61 Å². The van der Waals surface area contributed by atoms with E-state index in [-0.39, 0.29) is 17.9 Å². The highest BCUT2D eigenvalue weighted by Gasteiger charge is 2.22. The number of ether oxygens (including phenoxy) is 1. The SMILES string of the molecule is CCOC(=O)[C@@H](NCc1ccc(-c2ccccc2-c2nn[nH]n2)cc1)C(C)C. The fraction of sp³-hybridized carbons (Fsp3) is 0.333. The first-order valence-corrected chi connectivity index (χ1v) is 9.42. The number of rotatable bonds is 8. The summed E-state index contributed by atoms with van der Waals surface area (Å²) in [6, 6.07) is 15.9. The van der Waals surface area contributed by atoms with Crippen molar-refractivity contribution in [3.63, 3.8) is 0 Å². The zero-order valence-corrected chi connectivity index (χ0v) is 16.3. The average Bonchev–Trinajstić information content (AvgIpc) is 3.23. The number of carbonyl (C=O) groups excluding carboxylic acids is 1. The average molecular weight is 379 g/mol. The molecule has 3 rings (SSSR count). The molecule has 1 aromatic heterocycles. The Bertz CT molecular complexity index is 891. The number of esters is 1. The number of tetrazole rings is 1. The molecule has 0 saturated heterocycles. The molecule has 0 aliphatic carbocycles. The number of aromatic nitrogens is 4. The van der Waals surface area contributed by atoms with Crippen LogP contribution in [0.25, 0.3) is 22.5 Å². The molecule has 0 radical (unpaired) electrons. The van der Waals surface area contributed by atoms with E-state index in [1.54, 1.807) is 0 Å². The van der Waals surface area contributed by atoms with Crippen molar-refractivity contribution < 1.29 is 9.53 Å². The molecule has 28 heavy (non-hydrogen) atoms. The second-order valence-corrected chi connectivity index (χ2v) is 6.83. The Morgan fingerprint density at radius 2 is 1.82 bits per heavy atom. The first kappa shape index (κ1) is 19.7. The molecule has 7 heteroatoms. The number of nitrogens with one attached hydrogen (secondary N) is 2. The first-order chi connectivity index (χ1) is 13.6. The Labute approximate surface area is 164 Å². The molecule has 7 nitrogen and oxygen atoms in total. The molecular weight excluding hydrogens is 354 g/mol. The van der Waals surface area contributed by atoms with E-state index in [1.807, 2.05) is 45.0 Å². The highest BCUT2D eigenvalue weighted by Crippen LogP contribution is 2.29. The molecule has 0 aliphatic heterocycles. The summed E-state index contributed by atoms with van der Waals surface area (Å²) in [5.41, 5.74) is 4.12. The summed E-state index contributed by atoms with van der Waals surface area (Å²) < 4.78 is 5.16. The van der Waals surface area contributed by atoms with Crippen LogP contribution in [0.3, 0.4) is 0 Å². The van der Waals surface area contributed by atoms with Crippen molar-refractivity contribution in [1.82, 2.24) is 25.9 Å². The van der Waals surface area contributed by atoms with Crippen LogP contribution in [0, 0.1) is 5.92 Å². The Kier molecular flexibility index (Phi) is 6.49. The second kappa shape index (κ2) is 9.23. The summed E-state index contributed by atoms with van der Waals surface area (Å²) in [5.74, 6) is 0.513. The standard InChI is InChI=1S/C21H25N5O2/c1-4-28-21(27)19(14(2)3)22-13-15-9-11-16(12-10-15)17-7-5-6-8-18(17)20-23-25-26-24-20/h5-12,14,19,22H,4,13H2,1-3H3,(H,23,24,25,26)/t19-/m0/s1. The maximum Gasteiger partial charge on any atom is 0.323 e. The summed E-state index contributed by atoms with van der Waals surface area (Å²) in [4.78, 5) is 12.1. The van der Waals surface area contributed by atoms with Crippen molar-refractivity contribution in [2.24, 2.45) is 5.92 Å². The number of hydrogen-bond acceptors (Lipinski definition) is 6. The van der Waals surface area contributed by atoms with Crippen LogP contribution < -0.4 is 5.32 Å². The van der Waals surface area contributed by atoms with Crippen LogP contribution in [0.2, 0.25) is 0 Å². The Hall–Kier alpha value is -3.06. The Morgan fingerprint density at radius 3 is 2.43 bits per heavy atom. The molecule has 0 unspecified atom stereocenters. The molecule has 3 aromatic rings. The summed E-state index contributed by atoms with van der Waals surface area (Å²) in [7, 11) is 0. The third-order valence-electron chi connectivity index (χ3n) is 4.51. The molecule has 2 N–H and O–H groups in total. The minimum atomic E-state index is -0.321. The van der Waals surface area contributed by atoms with Gasteiger partial charge in [-0.25, -0.2) is 0 Å². The van der Waals surface area contributed by atoms with Crippen molar-refractivity contribution in [1.29, 1.82) is 0 Å². The third-order valence-corrected chi connectivity index (χ3v) is 4.51. The van der Waals surface area contributed by atoms with E-state index in [0.29, 0.717) is 19.0 Å². The number of benzene rings is 2. The van der Waals surface area contributed by atoms with E-state index in [9.17, 15) is 4.79 Å². The van der Waals surface area contributed by atoms with Gasteiger partial charge in [0.25, 0.3) is 0 Å². The maximum atomic E-state index is 12.1. The van der Waals surface area contributed by atoms with E-state index in [2.05, 4.69) is 50.2 Å². The topological polar surface area (TPSA) is 92.8 Å². The predicted molar refractivity (Wildman–Crippen MR) is 107 cm³/mol. The van der Waals surface area contributed by atoms with Gasteiger partial charge in [0, 0.05) is 12.1 Å². The number of nitrogens with zero attached hydrogens (tertiary/aromatic N) is 3. The van der Waals surface area contributed by atoms with Gasteiger partial charge in [0.1, 0.15) is 6.04 Å². The summed E-state index contributed by atoms with van der Waals surface area (Å²) in [5, 5.41) is 17.6. The van der Waals surface area contributed by atoms with Gasteiger partial charge in [-0.15, -0.1) is 10.2 Å². The molecule has 0 saturated carbocycles. The smallest absolute Gasteiger partial charge is 0.323 e. The third kappa shape index (κ3) is 4.61. The van der Waals surface area contributed by atoms with Crippen LogP contribution in [-0.2, 0) is 16.1 Å². The lowest BCUT2D eigenvalue weighted by Gasteiger charge is -2.20. The largest absolute Gasteiger partial charge is 0.465 e. The fourth-order valence-corrected chi connectivity index (χ4v) is 3.06. The molecule has 1 atom stereocenters. The van der Waals surface area contributed by atoms with Crippen LogP contribution in [0.5, 0.6) is 0 Å². The van der Waals surface area contributed by atoms with Crippen LogP contribution in [-0.4, -0.2) is 39.2 Å². The molecule has 146 valence electrons. The lowest BCUT2D eigenvalue weighted by atomic mass is 9.98. The van der Waals surface area contributed by atoms with E-state index < -0.39 is 0 Å². The molecule has 0 bridgehead atoms. The quantitative estimate of drug-likeness (QED) is 0.584. The normalized spacial score (nSPS) is 12.1. The zero-order chi connectivity index (χ0) is 19.9. The van der Waals surface area contributed by atoms with Gasteiger partial charge in [-0.3, -0.25) is 4.79 Å². The lowest BCUT2D eigenvalue weighted by molar-refractivity contribution is -0.146. The van der Waals surface area contributed by atoms with Crippen molar-refractivity contribution in [2.75, 3.05) is 6.61 Å². The van der Waals surface area contributed by atoms with E-state index in [4.69, 9.17) is 4.74 Å². The van der Waals surface area contributed by atoms with Crippen molar-refractivity contribution in [3.8, 4) is 22.5 Å². The van der Waals surface area contributed by atoms with Gasteiger partial charge in [0.15, 0.2) is 0 Å². The number of aromatic amines is 1. The predicted octanol–water partition coefficient (Wildman–Crippen LogP) is 3.21. The summed E-state index contributed by atoms with van der Waals surface area (Å²) in [6.07, 6.45) is 0. The van der Waals surface area contributed by atoms with Crippen LogP contribution in [0.4, 0.5) is 0 Å². The van der Waals surface area contributed by atoms with E-state index in [0.717, 1.165) is 22.3 Å². The number of H-pyrrole nitrogens is 1. The van der Waals surface area contributed by atoms with E-state index in [1.165, 1.54) is 0 Å². The van der Waals surface area contributed by atoms with Crippen molar-refractivity contribution in [2.45, 2.75) is 33.4 Å². The van der Waals surface area contributed by atoms with Gasteiger partial charge >= 0.3 is 5.97 Å². The van der Waals surface area contributed by atoms with Crippen LogP contribution in [0.1, 0.15) is 26.3 Å². The fourth-order valence-electron chi connectivity index (χ4n) is 3.06. The first-order valence-electron chi connectivity index (χ1n) is 9.42.